The molecule has 1 unspecified atom stereocenters. The molecule has 1 aliphatic rings. The highest BCUT2D eigenvalue weighted by atomic mass is 32.2. The number of thiophene rings is 1. The third kappa shape index (κ3) is 4.39. The van der Waals surface area contributed by atoms with Gasteiger partial charge in [-0.15, -0.1) is 22.7 Å². The number of rotatable bonds is 6. The van der Waals surface area contributed by atoms with Crippen LogP contribution in [0.25, 0.3) is 10.6 Å². The number of nitrogens with zero attached hydrogens (tertiary/aromatic N) is 1. The summed E-state index contributed by atoms with van der Waals surface area (Å²) in [6, 6.07) is 3.50. The summed E-state index contributed by atoms with van der Waals surface area (Å²) < 4.78 is 27.9. The van der Waals surface area contributed by atoms with Crippen molar-refractivity contribution in [1.29, 1.82) is 0 Å². The summed E-state index contributed by atoms with van der Waals surface area (Å²) in [6.45, 7) is 4.52. The number of thiazole rings is 1. The first-order valence-corrected chi connectivity index (χ1v) is 11.0. The molecule has 3 rings (SSSR count). The van der Waals surface area contributed by atoms with Gasteiger partial charge in [0.05, 0.1) is 15.6 Å². The van der Waals surface area contributed by atoms with Crippen LogP contribution in [0.2, 0.25) is 0 Å². The van der Waals surface area contributed by atoms with Gasteiger partial charge >= 0.3 is 0 Å². The molecule has 2 aromatic heterocycles. The summed E-state index contributed by atoms with van der Waals surface area (Å²) in [6.07, 6.45) is 3.25. The highest BCUT2D eigenvalue weighted by molar-refractivity contribution is 7.91. The second kappa shape index (κ2) is 7.40. The minimum Gasteiger partial charge on any atom is -0.316 e. The van der Waals surface area contributed by atoms with Gasteiger partial charge < -0.3 is 5.32 Å². The number of sulfonamides is 1. The van der Waals surface area contributed by atoms with Gasteiger partial charge in [-0.2, -0.15) is 0 Å². The molecule has 1 aliphatic heterocycles. The van der Waals surface area contributed by atoms with Crippen LogP contribution in [-0.2, 0) is 10.0 Å². The van der Waals surface area contributed by atoms with Crippen molar-refractivity contribution in [3.8, 4) is 10.6 Å². The third-order valence-corrected chi connectivity index (χ3v) is 7.80. The van der Waals surface area contributed by atoms with E-state index in [-0.39, 0.29) is 0 Å². The van der Waals surface area contributed by atoms with Crippen molar-refractivity contribution in [2.75, 3.05) is 19.6 Å². The molecule has 0 bridgehead atoms. The average Bonchev–Trinajstić information content (AvgIpc) is 3.17. The number of hydrogen-bond donors (Lipinski definition) is 2. The van der Waals surface area contributed by atoms with Crippen molar-refractivity contribution in [1.82, 2.24) is 15.0 Å². The third-order valence-electron chi connectivity index (χ3n) is 3.96. The minimum absolute atomic E-state index is 0.361. The van der Waals surface area contributed by atoms with Gasteiger partial charge in [-0.05, 0) is 57.3 Å². The topological polar surface area (TPSA) is 71.1 Å². The first-order chi connectivity index (χ1) is 11.0. The van der Waals surface area contributed by atoms with Crippen LogP contribution in [0.5, 0.6) is 0 Å². The van der Waals surface area contributed by atoms with Crippen molar-refractivity contribution in [2.45, 2.75) is 30.4 Å². The zero-order chi connectivity index (χ0) is 16.3. The predicted molar refractivity (Wildman–Crippen MR) is 95.6 cm³/mol. The first-order valence-electron chi connectivity index (χ1n) is 7.77. The lowest BCUT2D eigenvalue weighted by Gasteiger charge is -2.22. The fraction of sp³-hybridized carbons (Fsp3) is 0.533. The molecule has 1 atom stereocenters. The molecule has 126 valence electrons. The van der Waals surface area contributed by atoms with Gasteiger partial charge in [0, 0.05) is 11.9 Å². The van der Waals surface area contributed by atoms with E-state index in [9.17, 15) is 8.42 Å². The fourth-order valence-corrected chi connectivity index (χ4v) is 5.76. The molecule has 0 aromatic carbocycles. The number of hydrogen-bond acceptors (Lipinski definition) is 6. The second-order valence-electron chi connectivity index (χ2n) is 5.77. The van der Waals surface area contributed by atoms with Crippen LogP contribution in [0.4, 0.5) is 0 Å². The molecular formula is C15H21N3O2S3. The second-order valence-corrected chi connectivity index (χ2v) is 9.91. The molecule has 1 saturated heterocycles. The Morgan fingerprint density at radius 3 is 3.00 bits per heavy atom. The van der Waals surface area contributed by atoms with Gasteiger partial charge in [0.2, 0.25) is 10.0 Å². The highest BCUT2D eigenvalue weighted by Crippen LogP contribution is 2.31. The largest absolute Gasteiger partial charge is 0.316 e. The predicted octanol–water partition coefficient (Wildman–Crippen LogP) is 2.85. The normalized spacial score (nSPS) is 19.1. The number of piperidine rings is 1. The Kier molecular flexibility index (Phi) is 5.48. The van der Waals surface area contributed by atoms with E-state index in [0.717, 1.165) is 35.1 Å². The van der Waals surface area contributed by atoms with Crippen LogP contribution in [0, 0.1) is 12.8 Å². The smallest absolute Gasteiger partial charge is 0.250 e. The van der Waals surface area contributed by atoms with Gasteiger partial charge in [-0.1, -0.05) is 0 Å². The van der Waals surface area contributed by atoms with Crippen molar-refractivity contribution >= 4 is 32.7 Å². The van der Waals surface area contributed by atoms with Crippen LogP contribution < -0.4 is 10.0 Å². The Bertz CT molecular complexity index is 746. The van der Waals surface area contributed by atoms with Crippen molar-refractivity contribution in [3.63, 3.8) is 0 Å². The van der Waals surface area contributed by atoms with E-state index in [0.29, 0.717) is 16.7 Å². The fourth-order valence-electron chi connectivity index (χ4n) is 2.72. The molecule has 0 saturated carbocycles. The average molecular weight is 372 g/mol. The van der Waals surface area contributed by atoms with Crippen molar-refractivity contribution in [3.05, 3.63) is 22.5 Å². The van der Waals surface area contributed by atoms with Crippen molar-refractivity contribution < 1.29 is 8.42 Å². The van der Waals surface area contributed by atoms with Crippen LogP contribution in [0.3, 0.4) is 0 Å². The lowest BCUT2D eigenvalue weighted by atomic mass is 9.96. The lowest BCUT2D eigenvalue weighted by Crippen LogP contribution is -2.33. The summed E-state index contributed by atoms with van der Waals surface area (Å²) in [7, 11) is -3.42. The number of nitrogens with one attached hydrogen (secondary N) is 2. The van der Waals surface area contributed by atoms with E-state index < -0.39 is 10.0 Å². The highest BCUT2D eigenvalue weighted by Gasteiger charge is 2.19. The molecule has 0 aliphatic carbocycles. The van der Waals surface area contributed by atoms with Gasteiger partial charge in [-0.3, -0.25) is 0 Å². The van der Waals surface area contributed by atoms with Gasteiger partial charge in [0.1, 0.15) is 4.21 Å². The Balaban J connectivity index is 1.60. The van der Waals surface area contributed by atoms with E-state index in [4.69, 9.17) is 0 Å². The molecule has 2 N–H and O–H groups in total. The monoisotopic (exact) mass is 371 g/mol. The Hall–Kier alpha value is -0.800. The maximum Gasteiger partial charge on any atom is 0.250 e. The molecular weight excluding hydrogens is 350 g/mol. The molecule has 1 fully saturated rings. The minimum atomic E-state index is -3.42. The Labute approximate surface area is 145 Å². The van der Waals surface area contributed by atoms with Crippen LogP contribution in [0.1, 0.15) is 24.3 Å². The van der Waals surface area contributed by atoms with E-state index in [1.54, 1.807) is 17.4 Å². The molecule has 0 spiro atoms. The quantitative estimate of drug-likeness (QED) is 0.819. The molecule has 8 heteroatoms. The van der Waals surface area contributed by atoms with Crippen LogP contribution in [0.15, 0.2) is 21.7 Å². The Morgan fingerprint density at radius 2 is 2.30 bits per heavy atom. The number of aromatic nitrogens is 1. The zero-order valence-electron chi connectivity index (χ0n) is 13.0. The molecule has 0 radical (unpaired) electrons. The summed E-state index contributed by atoms with van der Waals surface area (Å²) in [5, 5.41) is 6.30. The van der Waals surface area contributed by atoms with Gasteiger partial charge in [-0.25, -0.2) is 18.1 Å². The first kappa shape index (κ1) is 17.0. The standard InChI is InChI=1S/C15H21N3O2S3/c1-11-18-13(10-21-11)14-4-5-15(22-14)23(19,20)17-8-6-12-3-2-7-16-9-12/h4-5,10,12,16-17H,2-3,6-9H2,1H3. The summed E-state index contributed by atoms with van der Waals surface area (Å²) in [4.78, 5) is 5.30. The zero-order valence-corrected chi connectivity index (χ0v) is 15.5. The summed E-state index contributed by atoms with van der Waals surface area (Å²) in [5.74, 6) is 0.573. The molecule has 5 nitrogen and oxygen atoms in total. The maximum atomic E-state index is 12.4. The van der Waals surface area contributed by atoms with Crippen molar-refractivity contribution in [2.24, 2.45) is 5.92 Å². The molecule has 3 heterocycles. The van der Waals surface area contributed by atoms with Gasteiger partial charge in [0.25, 0.3) is 0 Å². The van der Waals surface area contributed by atoms with Gasteiger partial charge in [0.15, 0.2) is 0 Å². The molecule has 2 aromatic rings. The maximum absolute atomic E-state index is 12.4. The Morgan fingerprint density at radius 1 is 1.43 bits per heavy atom. The van der Waals surface area contributed by atoms with E-state index in [1.807, 2.05) is 18.4 Å². The lowest BCUT2D eigenvalue weighted by molar-refractivity contribution is 0.358. The molecule has 0 amide bonds. The van der Waals surface area contributed by atoms with E-state index in [2.05, 4.69) is 15.0 Å². The number of aryl methyl sites for hydroxylation is 1. The summed E-state index contributed by atoms with van der Waals surface area (Å²) >= 11 is 2.84. The van der Waals surface area contributed by atoms with E-state index in [1.165, 1.54) is 24.2 Å². The SMILES string of the molecule is Cc1nc(-c2ccc(S(=O)(=O)NCCC3CCCNC3)s2)cs1. The molecule has 23 heavy (non-hydrogen) atoms. The van der Waals surface area contributed by atoms with E-state index >= 15 is 0 Å². The summed E-state index contributed by atoms with van der Waals surface area (Å²) in [5.41, 5.74) is 0.854. The van der Waals surface area contributed by atoms with Crippen LogP contribution in [-0.4, -0.2) is 33.0 Å². The van der Waals surface area contributed by atoms with Crippen LogP contribution >= 0.6 is 22.7 Å².